The second-order valence-corrected chi connectivity index (χ2v) is 8.04. The lowest BCUT2D eigenvalue weighted by Gasteiger charge is -2.38. The minimum atomic E-state index is -0.779. The molecule has 3 rings (SSSR count). The highest BCUT2D eigenvalue weighted by molar-refractivity contribution is 6.03. The molecule has 1 aliphatic heterocycles. The predicted octanol–water partition coefficient (Wildman–Crippen LogP) is 2.81. The first-order chi connectivity index (χ1) is 14.2. The molecule has 8 nitrogen and oxygen atoms in total. The summed E-state index contributed by atoms with van der Waals surface area (Å²) in [5, 5.41) is 0. The molecular weight excluding hydrogens is 390 g/mol. The number of carbonyl (C=O) groups is 2. The molecule has 1 atom stereocenters. The fourth-order valence-electron chi connectivity index (χ4n) is 4.09. The zero-order valence-electron chi connectivity index (χ0n) is 18.1. The van der Waals surface area contributed by atoms with Crippen molar-refractivity contribution in [2.24, 2.45) is 11.1 Å². The standard InChI is InChI=1S/C22H27NO7/c1-22(2)9-12(24)17-15(10-22)30-20(23)18(21(25)29-6)16(17)11-7-13(26-3)19(28-5)14(8-11)27-4/h7-8,16H,9-10,23H2,1-6H3. The van der Waals surface area contributed by atoms with Crippen LogP contribution in [0.4, 0.5) is 0 Å². The number of rotatable bonds is 5. The van der Waals surface area contributed by atoms with Gasteiger partial charge in [-0.1, -0.05) is 13.8 Å². The Morgan fingerprint density at radius 1 is 1.07 bits per heavy atom. The lowest BCUT2D eigenvalue weighted by atomic mass is 9.70. The van der Waals surface area contributed by atoms with E-state index in [1.54, 1.807) is 12.1 Å². The van der Waals surface area contributed by atoms with E-state index in [1.165, 1.54) is 28.4 Å². The van der Waals surface area contributed by atoms with Crippen LogP contribution >= 0.6 is 0 Å². The summed E-state index contributed by atoms with van der Waals surface area (Å²) in [4.78, 5) is 25.8. The third-order valence-corrected chi connectivity index (χ3v) is 5.38. The minimum absolute atomic E-state index is 0.0681. The number of ketones is 1. The number of hydrogen-bond donors (Lipinski definition) is 1. The summed E-state index contributed by atoms with van der Waals surface area (Å²) in [6.07, 6.45) is 0.842. The van der Waals surface area contributed by atoms with Crippen molar-refractivity contribution in [3.05, 3.63) is 40.5 Å². The van der Waals surface area contributed by atoms with E-state index in [1.807, 2.05) is 13.8 Å². The van der Waals surface area contributed by atoms with Crippen LogP contribution in [-0.4, -0.2) is 40.2 Å². The fraction of sp³-hybridized carbons (Fsp3) is 0.455. The van der Waals surface area contributed by atoms with Gasteiger partial charge < -0.3 is 29.4 Å². The topological polar surface area (TPSA) is 106 Å². The van der Waals surface area contributed by atoms with Crippen LogP contribution in [0.1, 0.15) is 38.2 Å². The third-order valence-electron chi connectivity index (χ3n) is 5.38. The van der Waals surface area contributed by atoms with Crippen LogP contribution < -0.4 is 19.9 Å². The summed E-state index contributed by atoms with van der Waals surface area (Å²) in [6.45, 7) is 3.98. The molecule has 1 aromatic rings. The van der Waals surface area contributed by atoms with E-state index in [9.17, 15) is 9.59 Å². The average molecular weight is 417 g/mol. The second kappa shape index (κ2) is 7.93. The molecule has 1 unspecified atom stereocenters. The van der Waals surface area contributed by atoms with E-state index in [2.05, 4.69) is 0 Å². The van der Waals surface area contributed by atoms with Gasteiger partial charge in [-0.3, -0.25) is 4.79 Å². The van der Waals surface area contributed by atoms with Gasteiger partial charge in [0.1, 0.15) is 11.3 Å². The number of methoxy groups -OCH3 is 4. The number of ether oxygens (including phenoxy) is 5. The SMILES string of the molecule is COC(=O)C1=C(N)OC2=C(C(=O)CC(C)(C)C2)C1c1cc(OC)c(OC)c(OC)c1. The highest BCUT2D eigenvalue weighted by atomic mass is 16.5. The number of allylic oxidation sites excluding steroid dienone is 2. The number of Topliss-reactive ketones (excluding diaryl/α,β-unsaturated/α-hetero) is 1. The van der Waals surface area contributed by atoms with Crippen LogP contribution in [0.3, 0.4) is 0 Å². The van der Waals surface area contributed by atoms with E-state index in [0.717, 1.165) is 0 Å². The van der Waals surface area contributed by atoms with E-state index in [4.69, 9.17) is 29.4 Å². The summed E-state index contributed by atoms with van der Waals surface area (Å²) in [7, 11) is 5.75. The predicted molar refractivity (Wildman–Crippen MR) is 108 cm³/mol. The van der Waals surface area contributed by atoms with Gasteiger partial charge in [-0.05, 0) is 23.1 Å². The molecule has 0 saturated heterocycles. The quantitative estimate of drug-likeness (QED) is 0.729. The van der Waals surface area contributed by atoms with Crippen molar-refractivity contribution in [1.29, 1.82) is 0 Å². The molecular formula is C22H27NO7. The van der Waals surface area contributed by atoms with Gasteiger partial charge in [-0.15, -0.1) is 0 Å². The van der Waals surface area contributed by atoms with Crippen molar-refractivity contribution in [3.8, 4) is 17.2 Å². The molecule has 1 aromatic carbocycles. The Labute approximate surface area is 175 Å². The van der Waals surface area contributed by atoms with E-state index in [-0.39, 0.29) is 22.7 Å². The summed E-state index contributed by atoms with van der Waals surface area (Å²) in [5.74, 6) is 0.0317. The Balaban J connectivity index is 2.29. The van der Waals surface area contributed by atoms with Gasteiger partial charge in [0, 0.05) is 18.4 Å². The molecule has 0 amide bonds. The zero-order valence-corrected chi connectivity index (χ0v) is 18.1. The van der Waals surface area contributed by atoms with Crippen molar-refractivity contribution in [3.63, 3.8) is 0 Å². The van der Waals surface area contributed by atoms with Crippen LogP contribution in [0.5, 0.6) is 17.2 Å². The first-order valence-electron chi connectivity index (χ1n) is 9.49. The van der Waals surface area contributed by atoms with Gasteiger partial charge in [0.15, 0.2) is 17.3 Å². The lowest BCUT2D eigenvalue weighted by Crippen LogP contribution is -2.35. The van der Waals surface area contributed by atoms with Crippen LogP contribution in [0.15, 0.2) is 34.9 Å². The molecule has 0 aromatic heterocycles. The molecule has 2 aliphatic rings. The molecule has 162 valence electrons. The number of carbonyl (C=O) groups excluding carboxylic acids is 2. The van der Waals surface area contributed by atoms with Crippen molar-refractivity contribution >= 4 is 11.8 Å². The molecule has 0 radical (unpaired) electrons. The molecule has 0 fully saturated rings. The van der Waals surface area contributed by atoms with Crippen molar-refractivity contribution < 1.29 is 33.3 Å². The van der Waals surface area contributed by atoms with Crippen molar-refractivity contribution in [2.45, 2.75) is 32.6 Å². The smallest absolute Gasteiger partial charge is 0.340 e. The highest BCUT2D eigenvalue weighted by Crippen LogP contribution is 2.50. The van der Waals surface area contributed by atoms with Gasteiger partial charge in [0.25, 0.3) is 0 Å². The molecule has 2 N–H and O–H groups in total. The van der Waals surface area contributed by atoms with Crippen LogP contribution in [0.25, 0.3) is 0 Å². The summed E-state index contributed by atoms with van der Waals surface area (Å²) in [5.41, 5.74) is 6.92. The number of benzene rings is 1. The van der Waals surface area contributed by atoms with Crippen LogP contribution in [0, 0.1) is 5.41 Å². The Hall–Kier alpha value is -3.16. The van der Waals surface area contributed by atoms with Gasteiger partial charge in [0.2, 0.25) is 11.6 Å². The maximum absolute atomic E-state index is 13.2. The Kier molecular flexibility index (Phi) is 5.70. The lowest BCUT2D eigenvalue weighted by molar-refractivity contribution is -0.136. The molecule has 8 heteroatoms. The number of nitrogens with two attached hydrogens (primary N) is 1. The Morgan fingerprint density at radius 2 is 1.67 bits per heavy atom. The fourth-order valence-corrected chi connectivity index (χ4v) is 4.09. The first kappa shape index (κ1) is 21.5. The summed E-state index contributed by atoms with van der Waals surface area (Å²) in [6, 6.07) is 3.40. The van der Waals surface area contributed by atoms with Crippen molar-refractivity contribution in [1.82, 2.24) is 0 Å². The number of hydrogen-bond acceptors (Lipinski definition) is 8. The third kappa shape index (κ3) is 3.58. The Morgan fingerprint density at radius 3 is 2.17 bits per heavy atom. The molecule has 1 heterocycles. The molecule has 0 spiro atoms. The molecule has 0 bridgehead atoms. The van der Waals surface area contributed by atoms with Gasteiger partial charge in [-0.25, -0.2) is 4.79 Å². The van der Waals surface area contributed by atoms with Gasteiger partial charge in [-0.2, -0.15) is 0 Å². The second-order valence-electron chi connectivity index (χ2n) is 8.04. The van der Waals surface area contributed by atoms with E-state index >= 15 is 0 Å². The summed E-state index contributed by atoms with van der Waals surface area (Å²) < 4.78 is 27.0. The summed E-state index contributed by atoms with van der Waals surface area (Å²) >= 11 is 0. The largest absolute Gasteiger partial charge is 0.493 e. The van der Waals surface area contributed by atoms with Crippen LogP contribution in [0.2, 0.25) is 0 Å². The highest BCUT2D eigenvalue weighted by Gasteiger charge is 2.45. The van der Waals surface area contributed by atoms with Crippen LogP contribution in [-0.2, 0) is 19.1 Å². The van der Waals surface area contributed by atoms with Gasteiger partial charge >= 0.3 is 5.97 Å². The molecule has 30 heavy (non-hydrogen) atoms. The van der Waals surface area contributed by atoms with E-state index in [0.29, 0.717) is 47.0 Å². The average Bonchev–Trinajstić information content (AvgIpc) is 2.69. The van der Waals surface area contributed by atoms with E-state index < -0.39 is 11.9 Å². The maximum Gasteiger partial charge on any atom is 0.340 e. The number of esters is 1. The first-order valence-corrected chi connectivity index (χ1v) is 9.49. The zero-order chi connectivity index (χ0) is 22.2. The molecule has 0 saturated carbocycles. The minimum Gasteiger partial charge on any atom is -0.493 e. The monoisotopic (exact) mass is 417 g/mol. The van der Waals surface area contributed by atoms with Gasteiger partial charge in [0.05, 0.1) is 34.4 Å². The normalized spacial score (nSPS) is 20.3. The molecule has 1 aliphatic carbocycles. The maximum atomic E-state index is 13.2. The Bertz CT molecular complexity index is 933. The van der Waals surface area contributed by atoms with Crippen molar-refractivity contribution in [2.75, 3.05) is 28.4 Å².